The molecule has 5 rings (SSSR count). The molecule has 1 heterocycles. The lowest BCUT2D eigenvalue weighted by atomic mass is 9.71. The highest BCUT2D eigenvalue weighted by Crippen LogP contribution is 2.55. The summed E-state index contributed by atoms with van der Waals surface area (Å²) in [5.41, 5.74) is 1.95. The Morgan fingerprint density at radius 2 is 1.60 bits per heavy atom. The van der Waals surface area contributed by atoms with E-state index in [4.69, 9.17) is 23.2 Å². The van der Waals surface area contributed by atoms with Crippen molar-refractivity contribution in [2.75, 3.05) is 13.1 Å². The third-order valence-corrected chi connectivity index (χ3v) is 9.70. The summed E-state index contributed by atoms with van der Waals surface area (Å²) in [5.74, 6) is -1.34. The van der Waals surface area contributed by atoms with Gasteiger partial charge in [0.2, 0.25) is 11.8 Å². The van der Waals surface area contributed by atoms with Gasteiger partial charge >= 0.3 is 12.4 Å². The lowest BCUT2D eigenvalue weighted by Gasteiger charge is -2.37. The molecule has 234 valence electrons. The summed E-state index contributed by atoms with van der Waals surface area (Å²) in [6, 6.07) is 2.98. The Morgan fingerprint density at radius 3 is 2.23 bits per heavy atom. The molecule has 1 saturated heterocycles. The molecule has 0 radical (unpaired) electrons. The molecule has 2 atom stereocenters. The Morgan fingerprint density at radius 1 is 0.953 bits per heavy atom. The first kappa shape index (κ1) is 31.9. The number of rotatable bonds is 5. The average Bonchev–Trinajstić information content (AvgIpc) is 3.37. The van der Waals surface area contributed by atoms with Gasteiger partial charge in [-0.2, -0.15) is 26.3 Å². The Hall–Kier alpha value is -2.46. The summed E-state index contributed by atoms with van der Waals surface area (Å²) in [5, 5.41) is 2.87. The predicted molar refractivity (Wildman–Crippen MR) is 152 cm³/mol. The van der Waals surface area contributed by atoms with Crippen LogP contribution in [0.3, 0.4) is 0 Å². The van der Waals surface area contributed by atoms with Crippen LogP contribution < -0.4 is 5.32 Å². The van der Waals surface area contributed by atoms with E-state index in [0.717, 1.165) is 35.1 Å². The summed E-state index contributed by atoms with van der Waals surface area (Å²) in [6.45, 7) is 0.338. The minimum absolute atomic E-state index is 0.00578. The van der Waals surface area contributed by atoms with Gasteiger partial charge in [-0.3, -0.25) is 9.59 Å². The number of benzene rings is 1. The lowest BCUT2D eigenvalue weighted by Crippen LogP contribution is -2.44. The van der Waals surface area contributed by atoms with Gasteiger partial charge in [0.25, 0.3) is 0 Å². The van der Waals surface area contributed by atoms with Crippen molar-refractivity contribution in [3.63, 3.8) is 0 Å². The fraction of sp³-hybridized carbons (Fsp3) is 0.548. The molecule has 1 aromatic rings. The van der Waals surface area contributed by atoms with Gasteiger partial charge in [-0.05, 0) is 111 Å². The third-order valence-electron chi connectivity index (χ3n) is 9.27. The van der Waals surface area contributed by atoms with Crippen LogP contribution in [0.4, 0.5) is 26.3 Å². The van der Waals surface area contributed by atoms with E-state index < -0.39 is 42.2 Å². The van der Waals surface area contributed by atoms with Gasteiger partial charge in [-0.15, -0.1) is 0 Å². The fourth-order valence-corrected chi connectivity index (χ4v) is 7.68. The van der Waals surface area contributed by atoms with Crippen LogP contribution >= 0.6 is 23.2 Å². The van der Waals surface area contributed by atoms with E-state index in [1.165, 1.54) is 18.2 Å². The van der Waals surface area contributed by atoms with E-state index in [1.807, 2.05) is 6.92 Å². The second kappa shape index (κ2) is 11.8. The van der Waals surface area contributed by atoms with Crippen LogP contribution in [0.1, 0.15) is 76.7 Å². The topological polar surface area (TPSA) is 49.4 Å². The summed E-state index contributed by atoms with van der Waals surface area (Å²) < 4.78 is 84.1. The smallest absolute Gasteiger partial charge is 0.340 e. The number of halogens is 8. The maximum atomic E-state index is 15.1. The number of allylic oxidation sites excluding steroid dienone is 5. The zero-order chi connectivity index (χ0) is 31.3. The largest absolute Gasteiger partial charge is 0.406 e. The minimum Gasteiger partial charge on any atom is -0.340 e. The van der Waals surface area contributed by atoms with Crippen LogP contribution in [0.5, 0.6) is 0 Å². The first-order chi connectivity index (χ1) is 20.1. The summed E-state index contributed by atoms with van der Waals surface area (Å²) in [7, 11) is 0. The van der Waals surface area contributed by atoms with Crippen molar-refractivity contribution < 1.29 is 35.9 Å². The number of fused-ring (bicyclic) bond motifs is 1. The Labute approximate surface area is 256 Å². The predicted octanol–water partition coefficient (Wildman–Crippen LogP) is 8.53. The molecular formula is C31H32Cl2F6N2O2. The number of carbonyl (C=O) groups is 2. The van der Waals surface area contributed by atoms with Crippen molar-refractivity contribution in [2.45, 2.75) is 94.9 Å². The number of likely N-dealkylation sites (tertiary alicyclic amines) is 1. The van der Waals surface area contributed by atoms with Crippen LogP contribution in [-0.2, 0) is 15.0 Å². The van der Waals surface area contributed by atoms with E-state index in [-0.39, 0.29) is 47.8 Å². The summed E-state index contributed by atoms with van der Waals surface area (Å²) in [6.07, 6.45) is -5.91. The number of hydrogen-bond acceptors (Lipinski definition) is 2. The van der Waals surface area contributed by atoms with E-state index in [0.29, 0.717) is 41.7 Å². The molecule has 1 N–H and O–H groups in total. The molecule has 1 saturated carbocycles. The standard InChI is InChI=1S/C31H32Cl2F6N2O2/c1-17-5-4-9-29(31(37,38)39,18-11-19(32)13-20(33)12-18)15-25(17)23-14-24(22-7-3-2-6-21(22)23)27(42)40-26-8-10-41(28(26)43)16-30(34,35)36/h11-13,26H,2-10,14-16H2,1H3,(H,40,42). The molecule has 0 bridgehead atoms. The number of nitrogens with zero attached hydrogens (tertiary/aromatic N) is 1. The first-order valence-electron chi connectivity index (χ1n) is 14.4. The zero-order valence-electron chi connectivity index (χ0n) is 23.6. The van der Waals surface area contributed by atoms with Gasteiger partial charge in [0.1, 0.15) is 12.6 Å². The van der Waals surface area contributed by atoms with Gasteiger partial charge < -0.3 is 10.2 Å². The molecule has 2 unspecified atom stereocenters. The monoisotopic (exact) mass is 648 g/mol. The van der Waals surface area contributed by atoms with E-state index in [2.05, 4.69) is 5.32 Å². The van der Waals surface area contributed by atoms with Crippen LogP contribution in [0.2, 0.25) is 10.0 Å². The lowest BCUT2D eigenvalue weighted by molar-refractivity contribution is -0.192. The number of nitrogens with one attached hydrogen (secondary N) is 1. The van der Waals surface area contributed by atoms with Crippen LogP contribution in [0.15, 0.2) is 51.6 Å². The number of amides is 2. The van der Waals surface area contributed by atoms with Crippen LogP contribution in [0.25, 0.3) is 0 Å². The highest BCUT2D eigenvalue weighted by Gasteiger charge is 2.57. The molecule has 4 nitrogen and oxygen atoms in total. The van der Waals surface area contributed by atoms with E-state index in [9.17, 15) is 22.8 Å². The van der Waals surface area contributed by atoms with Gasteiger partial charge in [-0.25, -0.2) is 0 Å². The minimum atomic E-state index is -4.62. The Balaban J connectivity index is 1.46. The molecule has 0 spiro atoms. The van der Waals surface area contributed by atoms with Crippen molar-refractivity contribution in [1.82, 2.24) is 10.2 Å². The first-order valence-corrected chi connectivity index (χ1v) is 15.2. The molecule has 2 amide bonds. The second-order valence-electron chi connectivity index (χ2n) is 12.0. The molecule has 2 fully saturated rings. The zero-order valence-corrected chi connectivity index (χ0v) is 25.1. The fourth-order valence-electron chi connectivity index (χ4n) is 7.15. The highest BCUT2D eigenvalue weighted by atomic mass is 35.5. The molecule has 1 aliphatic heterocycles. The van der Waals surface area contributed by atoms with Gasteiger partial charge in [0.05, 0.1) is 5.41 Å². The molecule has 4 aliphatic rings. The van der Waals surface area contributed by atoms with Gasteiger partial charge in [-0.1, -0.05) is 28.8 Å². The second-order valence-corrected chi connectivity index (χ2v) is 12.9. The number of hydrogen-bond donors (Lipinski definition) is 1. The summed E-state index contributed by atoms with van der Waals surface area (Å²) >= 11 is 12.3. The molecule has 43 heavy (non-hydrogen) atoms. The van der Waals surface area contributed by atoms with Crippen LogP contribution in [-0.4, -0.2) is 48.2 Å². The average molecular weight is 650 g/mol. The van der Waals surface area contributed by atoms with Crippen molar-refractivity contribution >= 4 is 35.0 Å². The van der Waals surface area contributed by atoms with Gasteiger partial charge in [0.15, 0.2) is 0 Å². The van der Waals surface area contributed by atoms with Crippen molar-refractivity contribution in [1.29, 1.82) is 0 Å². The molecule has 12 heteroatoms. The molecule has 1 aromatic carbocycles. The maximum absolute atomic E-state index is 15.1. The quantitative estimate of drug-likeness (QED) is 0.325. The van der Waals surface area contributed by atoms with Gasteiger partial charge in [0, 0.05) is 28.6 Å². The normalized spacial score (nSPS) is 25.5. The third kappa shape index (κ3) is 6.37. The van der Waals surface area contributed by atoms with Crippen molar-refractivity contribution in [2.24, 2.45) is 0 Å². The molecule has 0 aromatic heterocycles. The van der Waals surface area contributed by atoms with E-state index >= 15 is 13.2 Å². The number of alkyl halides is 6. The van der Waals surface area contributed by atoms with Crippen molar-refractivity contribution in [3.8, 4) is 0 Å². The number of carbonyl (C=O) groups excluding carboxylic acids is 2. The van der Waals surface area contributed by atoms with Crippen molar-refractivity contribution in [3.05, 3.63) is 67.2 Å². The Bertz CT molecular complexity index is 1410. The summed E-state index contributed by atoms with van der Waals surface area (Å²) in [4.78, 5) is 26.8. The maximum Gasteiger partial charge on any atom is 0.406 e. The SMILES string of the molecule is CC1=C(C2=C3CCCCC3=C(C(=O)NC3CCN(CC(F)(F)F)C3=O)C2)CC(c2cc(Cl)cc(Cl)c2)(C(F)(F)F)CCC1. The molecular weight excluding hydrogens is 617 g/mol. The highest BCUT2D eigenvalue weighted by molar-refractivity contribution is 6.34. The Kier molecular flexibility index (Phi) is 8.77. The van der Waals surface area contributed by atoms with E-state index in [1.54, 1.807) is 0 Å². The van der Waals surface area contributed by atoms with Crippen LogP contribution in [0, 0.1) is 0 Å². The molecule has 3 aliphatic carbocycles.